The number of carboxylic acids is 1. The van der Waals surface area contributed by atoms with E-state index in [9.17, 15) is 18.3 Å². The first-order valence-corrected chi connectivity index (χ1v) is 9.44. The number of hydrogen-bond acceptors (Lipinski definition) is 4. The standard InChI is InChI=1S/C18H22N2O4S/c1-4-20(5-2)25(23,24)15-10-11-17(16(12-15)18(21)22)19-14-8-6-13(3)7-9-14/h6-12,19H,4-5H2,1-3H3,(H,21,22). The highest BCUT2D eigenvalue weighted by Gasteiger charge is 2.24. The number of anilines is 2. The molecular formula is C18H22N2O4S. The van der Waals surface area contributed by atoms with Crippen molar-refractivity contribution in [3.05, 3.63) is 53.6 Å². The van der Waals surface area contributed by atoms with Gasteiger partial charge >= 0.3 is 5.97 Å². The lowest BCUT2D eigenvalue weighted by Crippen LogP contribution is -2.30. The Morgan fingerprint density at radius 1 is 1.08 bits per heavy atom. The normalized spacial score (nSPS) is 11.5. The first-order valence-electron chi connectivity index (χ1n) is 8.00. The molecule has 0 aromatic heterocycles. The Hall–Kier alpha value is -2.38. The van der Waals surface area contributed by atoms with E-state index in [2.05, 4.69) is 5.32 Å². The molecule has 0 fully saturated rings. The maximum atomic E-state index is 12.6. The number of nitrogens with one attached hydrogen (secondary N) is 1. The Kier molecular flexibility index (Phi) is 5.81. The summed E-state index contributed by atoms with van der Waals surface area (Å²) in [6.45, 7) is 6.09. The molecule has 0 amide bonds. The third-order valence-electron chi connectivity index (χ3n) is 3.90. The zero-order valence-corrected chi connectivity index (χ0v) is 15.3. The number of benzene rings is 2. The van der Waals surface area contributed by atoms with E-state index >= 15 is 0 Å². The fourth-order valence-electron chi connectivity index (χ4n) is 2.47. The van der Waals surface area contributed by atoms with Gasteiger partial charge in [0.1, 0.15) is 0 Å². The molecule has 0 bridgehead atoms. The number of rotatable bonds is 7. The van der Waals surface area contributed by atoms with Gasteiger partial charge in [-0.15, -0.1) is 0 Å². The zero-order chi connectivity index (χ0) is 18.6. The van der Waals surface area contributed by atoms with Crippen LogP contribution in [0.15, 0.2) is 47.4 Å². The molecule has 6 nitrogen and oxygen atoms in total. The molecule has 0 heterocycles. The Morgan fingerprint density at radius 3 is 2.20 bits per heavy atom. The number of carboxylic acid groups (broad SMARTS) is 1. The number of aryl methyl sites for hydroxylation is 1. The van der Waals surface area contributed by atoms with Gasteiger partial charge in [0, 0.05) is 18.8 Å². The minimum atomic E-state index is -3.71. The minimum Gasteiger partial charge on any atom is -0.478 e. The predicted molar refractivity (Wildman–Crippen MR) is 98.0 cm³/mol. The number of hydrogen-bond donors (Lipinski definition) is 2. The molecule has 7 heteroatoms. The molecule has 0 aliphatic heterocycles. The molecule has 0 saturated heterocycles. The summed E-state index contributed by atoms with van der Waals surface area (Å²) in [6.07, 6.45) is 0. The second-order valence-corrected chi connectivity index (χ2v) is 7.53. The fourth-order valence-corrected chi connectivity index (χ4v) is 3.96. The van der Waals surface area contributed by atoms with Crippen LogP contribution in [0.25, 0.3) is 0 Å². The van der Waals surface area contributed by atoms with Gasteiger partial charge in [-0.2, -0.15) is 4.31 Å². The highest BCUT2D eigenvalue weighted by Crippen LogP contribution is 2.26. The average Bonchev–Trinajstić information content (AvgIpc) is 2.57. The highest BCUT2D eigenvalue weighted by molar-refractivity contribution is 7.89. The van der Waals surface area contributed by atoms with Crippen LogP contribution in [0.5, 0.6) is 0 Å². The van der Waals surface area contributed by atoms with Crippen molar-refractivity contribution in [2.24, 2.45) is 0 Å². The lowest BCUT2D eigenvalue weighted by atomic mass is 10.1. The van der Waals surface area contributed by atoms with E-state index in [1.807, 2.05) is 31.2 Å². The topological polar surface area (TPSA) is 86.7 Å². The number of sulfonamides is 1. The van der Waals surface area contributed by atoms with Crippen molar-refractivity contribution in [3.8, 4) is 0 Å². The summed E-state index contributed by atoms with van der Waals surface area (Å²) >= 11 is 0. The third-order valence-corrected chi connectivity index (χ3v) is 5.94. The van der Waals surface area contributed by atoms with Gasteiger partial charge in [0.2, 0.25) is 10.0 Å². The van der Waals surface area contributed by atoms with Crippen molar-refractivity contribution in [1.29, 1.82) is 0 Å². The van der Waals surface area contributed by atoms with Crippen LogP contribution in [0, 0.1) is 6.92 Å². The van der Waals surface area contributed by atoms with E-state index in [0.717, 1.165) is 11.3 Å². The number of carbonyl (C=O) groups is 1. The summed E-state index contributed by atoms with van der Waals surface area (Å²) in [5.74, 6) is -1.19. The molecule has 0 unspecified atom stereocenters. The molecule has 25 heavy (non-hydrogen) atoms. The van der Waals surface area contributed by atoms with E-state index < -0.39 is 16.0 Å². The first-order chi connectivity index (χ1) is 11.8. The maximum Gasteiger partial charge on any atom is 0.337 e. The summed E-state index contributed by atoms with van der Waals surface area (Å²) in [7, 11) is -3.71. The van der Waals surface area contributed by atoms with Gasteiger partial charge in [0.05, 0.1) is 16.1 Å². The van der Waals surface area contributed by atoms with Crippen LogP contribution in [0.3, 0.4) is 0 Å². The molecular weight excluding hydrogens is 340 g/mol. The summed E-state index contributed by atoms with van der Waals surface area (Å²) in [6, 6.07) is 11.6. The summed E-state index contributed by atoms with van der Waals surface area (Å²) < 4.78 is 26.5. The van der Waals surface area contributed by atoms with Crippen molar-refractivity contribution in [2.45, 2.75) is 25.7 Å². The Labute approximate surface area is 148 Å². The number of aromatic carboxylic acids is 1. The molecule has 2 N–H and O–H groups in total. The first kappa shape index (κ1) is 19.0. The quantitative estimate of drug-likeness (QED) is 0.787. The average molecular weight is 362 g/mol. The largest absolute Gasteiger partial charge is 0.478 e. The molecule has 2 aromatic rings. The lowest BCUT2D eigenvalue weighted by molar-refractivity contribution is 0.0697. The van der Waals surface area contributed by atoms with E-state index in [1.54, 1.807) is 13.8 Å². The summed E-state index contributed by atoms with van der Waals surface area (Å²) in [4.78, 5) is 11.6. The maximum absolute atomic E-state index is 12.6. The molecule has 134 valence electrons. The molecule has 0 aliphatic carbocycles. The van der Waals surface area contributed by atoms with E-state index in [0.29, 0.717) is 18.8 Å². The summed E-state index contributed by atoms with van der Waals surface area (Å²) in [5.41, 5.74) is 2.07. The van der Waals surface area contributed by atoms with Gasteiger partial charge in [0.25, 0.3) is 0 Å². The molecule has 0 saturated carbocycles. The Morgan fingerprint density at radius 2 is 1.68 bits per heavy atom. The molecule has 2 aromatic carbocycles. The molecule has 0 aliphatic rings. The highest BCUT2D eigenvalue weighted by atomic mass is 32.2. The van der Waals surface area contributed by atoms with Gasteiger partial charge in [-0.05, 0) is 37.3 Å². The number of nitrogens with zero attached hydrogens (tertiary/aromatic N) is 1. The van der Waals surface area contributed by atoms with E-state index in [1.165, 1.54) is 22.5 Å². The van der Waals surface area contributed by atoms with Gasteiger partial charge in [0.15, 0.2) is 0 Å². The lowest BCUT2D eigenvalue weighted by Gasteiger charge is -2.19. The second kappa shape index (κ2) is 7.67. The van der Waals surface area contributed by atoms with Crippen LogP contribution in [0.1, 0.15) is 29.8 Å². The van der Waals surface area contributed by atoms with Crippen molar-refractivity contribution < 1.29 is 18.3 Å². The SMILES string of the molecule is CCN(CC)S(=O)(=O)c1ccc(Nc2ccc(C)cc2)c(C(=O)O)c1. The molecule has 0 atom stereocenters. The van der Waals surface area contributed by atoms with Crippen molar-refractivity contribution >= 4 is 27.4 Å². The second-order valence-electron chi connectivity index (χ2n) is 5.59. The van der Waals surface area contributed by atoms with Crippen LogP contribution < -0.4 is 5.32 Å². The van der Waals surface area contributed by atoms with Gasteiger partial charge in [-0.1, -0.05) is 31.5 Å². The third kappa shape index (κ3) is 4.18. The van der Waals surface area contributed by atoms with Crippen LogP contribution >= 0.6 is 0 Å². The van der Waals surface area contributed by atoms with Gasteiger partial charge in [-0.25, -0.2) is 13.2 Å². The zero-order valence-electron chi connectivity index (χ0n) is 14.5. The van der Waals surface area contributed by atoms with Crippen LogP contribution in [0.4, 0.5) is 11.4 Å². The monoisotopic (exact) mass is 362 g/mol. The van der Waals surface area contributed by atoms with Crippen molar-refractivity contribution in [1.82, 2.24) is 4.31 Å². The smallest absolute Gasteiger partial charge is 0.337 e. The molecule has 0 radical (unpaired) electrons. The Balaban J connectivity index is 2.44. The van der Waals surface area contributed by atoms with Gasteiger partial charge < -0.3 is 10.4 Å². The molecule has 2 rings (SSSR count). The van der Waals surface area contributed by atoms with Crippen molar-refractivity contribution in [2.75, 3.05) is 18.4 Å². The minimum absolute atomic E-state index is 0.0249. The van der Waals surface area contributed by atoms with Gasteiger partial charge in [-0.3, -0.25) is 0 Å². The predicted octanol–water partition coefficient (Wildman–Crippen LogP) is 3.47. The molecule has 0 spiro atoms. The van der Waals surface area contributed by atoms with E-state index in [-0.39, 0.29) is 10.5 Å². The van der Waals surface area contributed by atoms with E-state index in [4.69, 9.17) is 0 Å². The fraction of sp³-hybridized carbons (Fsp3) is 0.278. The van der Waals surface area contributed by atoms with Crippen LogP contribution in [-0.4, -0.2) is 36.9 Å². The van der Waals surface area contributed by atoms with Crippen LogP contribution in [0.2, 0.25) is 0 Å². The van der Waals surface area contributed by atoms with Crippen molar-refractivity contribution in [3.63, 3.8) is 0 Å². The summed E-state index contributed by atoms with van der Waals surface area (Å²) in [5, 5.41) is 12.5. The Bertz CT molecular complexity index is 857. The van der Waals surface area contributed by atoms with Crippen LogP contribution in [-0.2, 0) is 10.0 Å².